The highest BCUT2D eigenvalue weighted by Gasteiger charge is 2.31. The van der Waals surface area contributed by atoms with Crippen LogP contribution in [0.1, 0.15) is 52.3 Å². The van der Waals surface area contributed by atoms with Crippen LogP contribution in [0, 0.1) is 0 Å². The maximum atomic E-state index is 6.01. The third kappa shape index (κ3) is 2.46. The molecule has 0 N–H and O–H groups in total. The van der Waals surface area contributed by atoms with Gasteiger partial charge in [0.15, 0.2) is 0 Å². The molecule has 1 aromatic rings. The van der Waals surface area contributed by atoms with Crippen LogP contribution < -0.4 is 0 Å². The molecule has 1 saturated heterocycles. The zero-order valence-corrected chi connectivity index (χ0v) is 10.7. The van der Waals surface area contributed by atoms with Crippen molar-refractivity contribution in [1.29, 1.82) is 0 Å². The Bertz CT molecular complexity index is 355. The van der Waals surface area contributed by atoms with Gasteiger partial charge in [0, 0.05) is 18.3 Å². The van der Waals surface area contributed by atoms with Crippen LogP contribution in [0.3, 0.4) is 0 Å². The second-order valence-corrected chi connectivity index (χ2v) is 5.63. The second kappa shape index (κ2) is 4.21. The van der Waals surface area contributed by atoms with Crippen molar-refractivity contribution < 1.29 is 4.74 Å². The van der Waals surface area contributed by atoms with E-state index in [1.165, 1.54) is 0 Å². The van der Waals surface area contributed by atoms with Gasteiger partial charge in [-0.1, -0.05) is 13.8 Å². The predicted octanol–water partition coefficient (Wildman–Crippen LogP) is 2.96. The van der Waals surface area contributed by atoms with Crippen molar-refractivity contribution in [3.8, 4) is 0 Å². The lowest BCUT2D eigenvalue weighted by Crippen LogP contribution is -2.23. The van der Waals surface area contributed by atoms with Gasteiger partial charge in [-0.25, -0.2) is 4.98 Å². The minimum Gasteiger partial charge on any atom is -0.370 e. The normalized spacial score (nSPS) is 24.2. The monoisotopic (exact) mass is 222 g/mol. The standard InChI is InChI=1S/C13H22N2O/c1-10(2)12-14-7-8-15(12)9-11-5-6-13(3,4)16-11/h7-8,10-11H,5-6,9H2,1-4H3. The van der Waals surface area contributed by atoms with Crippen LogP contribution >= 0.6 is 0 Å². The molecule has 0 bridgehead atoms. The average molecular weight is 222 g/mol. The number of imidazole rings is 1. The van der Waals surface area contributed by atoms with Gasteiger partial charge in [-0.15, -0.1) is 0 Å². The number of aromatic nitrogens is 2. The molecule has 2 heterocycles. The SMILES string of the molecule is CC(C)c1nccn1CC1CCC(C)(C)O1. The van der Waals surface area contributed by atoms with Gasteiger partial charge < -0.3 is 9.30 Å². The van der Waals surface area contributed by atoms with E-state index in [0.717, 1.165) is 25.2 Å². The Labute approximate surface area is 97.8 Å². The van der Waals surface area contributed by atoms with Crippen molar-refractivity contribution >= 4 is 0 Å². The van der Waals surface area contributed by atoms with Gasteiger partial charge in [-0.3, -0.25) is 0 Å². The molecule has 0 aromatic carbocycles. The van der Waals surface area contributed by atoms with Crippen molar-refractivity contribution in [2.75, 3.05) is 0 Å². The maximum Gasteiger partial charge on any atom is 0.111 e. The quantitative estimate of drug-likeness (QED) is 0.786. The summed E-state index contributed by atoms with van der Waals surface area (Å²) in [4.78, 5) is 4.40. The van der Waals surface area contributed by atoms with Gasteiger partial charge in [0.1, 0.15) is 5.82 Å². The summed E-state index contributed by atoms with van der Waals surface area (Å²) in [7, 11) is 0. The lowest BCUT2D eigenvalue weighted by Gasteiger charge is -2.20. The first-order valence-corrected chi connectivity index (χ1v) is 6.17. The molecule has 1 aliphatic heterocycles. The highest BCUT2D eigenvalue weighted by Crippen LogP contribution is 2.30. The lowest BCUT2D eigenvalue weighted by atomic mass is 10.1. The Balaban J connectivity index is 2.02. The minimum absolute atomic E-state index is 0.0588. The first-order valence-electron chi connectivity index (χ1n) is 6.17. The van der Waals surface area contributed by atoms with Gasteiger partial charge in [0.25, 0.3) is 0 Å². The van der Waals surface area contributed by atoms with E-state index in [1.54, 1.807) is 0 Å². The molecule has 1 aromatic heterocycles. The summed E-state index contributed by atoms with van der Waals surface area (Å²) in [6, 6.07) is 0. The topological polar surface area (TPSA) is 27.1 Å². The van der Waals surface area contributed by atoms with E-state index in [1.807, 2.05) is 6.20 Å². The summed E-state index contributed by atoms with van der Waals surface area (Å²) in [5, 5.41) is 0. The number of hydrogen-bond acceptors (Lipinski definition) is 2. The summed E-state index contributed by atoms with van der Waals surface area (Å²) >= 11 is 0. The molecule has 0 radical (unpaired) electrons. The fraction of sp³-hybridized carbons (Fsp3) is 0.769. The smallest absolute Gasteiger partial charge is 0.111 e. The van der Waals surface area contributed by atoms with Crippen LogP contribution in [0.2, 0.25) is 0 Å². The first-order chi connectivity index (χ1) is 7.48. The summed E-state index contributed by atoms with van der Waals surface area (Å²) in [6.07, 6.45) is 6.60. The van der Waals surface area contributed by atoms with Gasteiger partial charge in [-0.2, -0.15) is 0 Å². The van der Waals surface area contributed by atoms with Crippen LogP contribution in [0.25, 0.3) is 0 Å². The third-order valence-corrected chi connectivity index (χ3v) is 3.22. The molecule has 1 unspecified atom stereocenters. The van der Waals surface area contributed by atoms with Crippen LogP contribution in [-0.2, 0) is 11.3 Å². The van der Waals surface area contributed by atoms with Crippen molar-refractivity contribution in [3.63, 3.8) is 0 Å². The molecule has 90 valence electrons. The van der Waals surface area contributed by atoms with E-state index in [-0.39, 0.29) is 5.60 Å². The fourth-order valence-corrected chi connectivity index (χ4v) is 2.40. The van der Waals surface area contributed by atoms with E-state index in [0.29, 0.717) is 12.0 Å². The van der Waals surface area contributed by atoms with Crippen LogP contribution in [0.4, 0.5) is 0 Å². The predicted molar refractivity (Wildman–Crippen MR) is 64.5 cm³/mol. The van der Waals surface area contributed by atoms with Crippen molar-refractivity contribution in [3.05, 3.63) is 18.2 Å². The largest absolute Gasteiger partial charge is 0.370 e. The summed E-state index contributed by atoms with van der Waals surface area (Å²) in [5.74, 6) is 1.64. The first kappa shape index (κ1) is 11.6. The van der Waals surface area contributed by atoms with Crippen molar-refractivity contribution in [2.45, 2.75) is 64.7 Å². The molecular formula is C13H22N2O. The summed E-state index contributed by atoms with van der Waals surface area (Å²) < 4.78 is 8.24. The highest BCUT2D eigenvalue weighted by molar-refractivity contribution is 4.98. The van der Waals surface area contributed by atoms with E-state index >= 15 is 0 Å². The molecule has 3 nitrogen and oxygen atoms in total. The molecule has 0 spiro atoms. The second-order valence-electron chi connectivity index (χ2n) is 5.63. The highest BCUT2D eigenvalue weighted by atomic mass is 16.5. The summed E-state index contributed by atoms with van der Waals surface area (Å²) in [6.45, 7) is 9.64. The molecule has 16 heavy (non-hydrogen) atoms. The Morgan fingerprint density at radius 3 is 2.88 bits per heavy atom. The Morgan fingerprint density at radius 2 is 2.31 bits per heavy atom. The number of ether oxygens (including phenoxy) is 1. The van der Waals surface area contributed by atoms with Gasteiger partial charge in [-0.05, 0) is 26.7 Å². The molecule has 1 atom stereocenters. The minimum atomic E-state index is 0.0588. The lowest BCUT2D eigenvalue weighted by molar-refractivity contribution is -0.0220. The maximum absolute atomic E-state index is 6.01. The average Bonchev–Trinajstić information content (AvgIpc) is 2.73. The molecule has 1 aliphatic rings. The number of rotatable bonds is 3. The summed E-state index contributed by atoms with van der Waals surface area (Å²) in [5.41, 5.74) is 0.0588. The molecule has 0 saturated carbocycles. The zero-order valence-electron chi connectivity index (χ0n) is 10.7. The van der Waals surface area contributed by atoms with Crippen LogP contribution in [0.15, 0.2) is 12.4 Å². The Morgan fingerprint density at radius 1 is 1.56 bits per heavy atom. The molecule has 1 fully saturated rings. The molecule has 3 heteroatoms. The fourth-order valence-electron chi connectivity index (χ4n) is 2.40. The van der Waals surface area contributed by atoms with Crippen LogP contribution in [-0.4, -0.2) is 21.3 Å². The number of nitrogens with zero attached hydrogens (tertiary/aromatic N) is 2. The van der Waals surface area contributed by atoms with Gasteiger partial charge >= 0.3 is 0 Å². The Hall–Kier alpha value is -0.830. The van der Waals surface area contributed by atoms with Gasteiger partial charge in [0.2, 0.25) is 0 Å². The van der Waals surface area contributed by atoms with Crippen LogP contribution in [0.5, 0.6) is 0 Å². The van der Waals surface area contributed by atoms with Gasteiger partial charge in [0.05, 0.1) is 18.2 Å². The zero-order chi connectivity index (χ0) is 11.8. The van der Waals surface area contributed by atoms with Crippen molar-refractivity contribution in [2.24, 2.45) is 0 Å². The third-order valence-electron chi connectivity index (χ3n) is 3.22. The van der Waals surface area contributed by atoms with E-state index in [2.05, 4.69) is 43.4 Å². The van der Waals surface area contributed by atoms with E-state index < -0.39 is 0 Å². The van der Waals surface area contributed by atoms with E-state index in [4.69, 9.17) is 4.74 Å². The molecule has 0 amide bonds. The van der Waals surface area contributed by atoms with E-state index in [9.17, 15) is 0 Å². The van der Waals surface area contributed by atoms with Crippen molar-refractivity contribution in [1.82, 2.24) is 9.55 Å². The molecule has 2 rings (SSSR count). The Kier molecular flexibility index (Phi) is 3.06. The number of hydrogen-bond donors (Lipinski definition) is 0. The molecule has 0 aliphatic carbocycles. The molecular weight excluding hydrogens is 200 g/mol.